The molecule has 0 spiro atoms. The first-order valence-corrected chi connectivity index (χ1v) is 12.4. The third kappa shape index (κ3) is 8.80. The third-order valence-corrected chi connectivity index (χ3v) is 6.22. The van der Waals surface area contributed by atoms with Gasteiger partial charge in [0.1, 0.15) is 11.5 Å². The van der Waals surface area contributed by atoms with Crippen molar-refractivity contribution in [1.82, 2.24) is 35.8 Å². The van der Waals surface area contributed by atoms with Crippen LogP contribution < -0.4 is 10.6 Å². The van der Waals surface area contributed by atoms with Gasteiger partial charge in [-0.25, -0.2) is 14.4 Å². The van der Waals surface area contributed by atoms with Crippen molar-refractivity contribution in [2.75, 3.05) is 20.2 Å². The van der Waals surface area contributed by atoms with Gasteiger partial charge in [0.05, 0.1) is 17.6 Å². The Hall–Kier alpha value is -3.89. The van der Waals surface area contributed by atoms with Crippen molar-refractivity contribution in [2.45, 2.75) is 64.2 Å². The summed E-state index contributed by atoms with van der Waals surface area (Å²) in [5, 5.41) is 13.2. The molecule has 2 aliphatic rings. The monoisotopic (exact) mass is 593 g/mol. The lowest BCUT2D eigenvalue weighted by Crippen LogP contribution is -2.40. The molecule has 3 N–H and O–H groups in total. The quantitative estimate of drug-likeness (QED) is 0.345. The average molecular weight is 594 g/mol. The van der Waals surface area contributed by atoms with Gasteiger partial charge in [0.2, 0.25) is 0 Å². The number of carbonyl (C=O) groups excluding carboxylic acids is 2. The fraction of sp³-hybridized carbons (Fsp3) is 0.542. The van der Waals surface area contributed by atoms with E-state index in [0.29, 0.717) is 31.2 Å². The summed E-state index contributed by atoms with van der Waals surface area (Å²) in [6.45, 7) is 0.472. The van der Waals surface area contributed by atoms with Gasteiger partial charge in [-0.15, -0.1) is 0 Å². The molecule has 2 fully saturated rings. The van der Waals surface area contributed by atoms with Crippen molar-refractivity contribution in [3.63, 3.8) is 0 Å². The molecular formula is C24H29F6N7O4. The van der Waals surface area contributed by atoms with Crippen LogP contribution in [0.2, 0.25) is 0 Å². The lowest BCUT2D eigenvalue weighted by molar-refractivity contribution is -0.255. The fourth-order valence-corrected chi connectivity index (χ4v) is 3.52. The van der Waals surface area contributed by atoms with Crippen LogP contribution in [-0.4, -0.2) is 75.8 Å². The maximum Gasteiger partial charge on any atom is 0.416 e. The van der Waals surface area contributed by atoms with Crippen molar-refractivity contribution in [3.05, 3.63) is 41.0 Å². The van der Waals surface area contributed by atoms with Crippen LogP contribution in [-0.2, 0) is 17.8 Å². The smallest absolute Gasteiger partial charge is 0.369 e. The van der Waals surface area contributed by atoms with E-state index in [0.717, 1.165) is 50.4 Å². The molecular weight excluding hydrogens is 564 g/mol. The number of aromatic nitrogens is 4. The van der Waals surface area contributed by atoms with Gasteiger partial charge in [0.25, 0.3) is 5.91 Å². The van der Waals surface area contributed by atoms with E-state index in [1.54, 1.807) is 4.90 Å². The van der Waals surface area contributed by atoms with Crippen LogP contribution in [0.4, 0.5) is 31.1 Å². The van der Waals surface area contributed by atoms with Crippen LogP contribution >= 0.6 is 0 Å². The normalized spacial score (nSPS) is 15.3. The maximum atomic E-state index is 12.4. The first kappa shape index (κ1) is 31.6. The molecule has 3 aromatic rings. The Labute approximate surface area is 229 Å². The number of carbonyl (C=O) groups is 2. The average Bonchev–Trinajstić information content (AvgIpc) is 3.27. The summed E-state index contributed by atoms with van der Waals surface area (Å²) in [5.41, 5.74) is 1.56. The molecule has 1 saturated carbocycles. The topological polar surface area (TPSA) is 138 Å². The van der Waals surface area contributed by atoms with Gasteiger partial charge < -0.3 is 25.3 Å². The molecule has 0 bridgehead atoms. The second kappa shape index (κ2) is 13.2. The zero-order valence-corrected chi connectivity index (χ0v) is 22.3. The number of benzene rings is 1. The SMILES string of the molecule is COC(C)(C)C(F)(F)F.FC(F)F.O=C(NCc1nc2ccc(CN3CCNC3=O)cc2[nH]1)c1nonc1C1CC1. The fourth-order valence-electron chi connectivity index (χ4n) is 3.52. The molecule has 1 aromatic carbocycles. The van der Waals surface area contributed by atoms with Gasteiger partial charge in [0.15, 0.2) is 11.3 Å². The minimum absolute atomic E-state index is 0.0407. The van der Waals surface area contributed by atoms with Gasteiger partial charge >= 0.3 is 18.9 Å². The number of ether oxygens (including phenoxy) is 1. The number of hydrogen-bond donors (Lipinski definition) is 3. The molecule has 0 radical (unpaired) electrons. The molecule has 3 heterocycles. The summed E-state index contributed by atoms with van der Waals surface area (Å²) in [6, 6.07) is 5.81. The molecule has 1 aliphatic carbocycles. The molecule has 226 valence electrons. The van der Waals surface area contributed by atoms with E-state index in [1.807, 2.05) is 18.2 Å². The number of H-pyrrole nitrogens is 1. The molecule has 17 heteroatoms. The number of aromatic amines is 1. The largest absolute Gasteiger partial charge is 0.416 e. The van der Waals surface area contributed by atoms with E-state index in [1.165, 1.54) is 0 Å². The third-order valence-electron chi connectivity index (χ3n) is 6.22. The molecule has 0 unspecified atom stereocenters. The van der Waals surface area contributed by atoms with Crippen LogP contribution in [0, 0.1) is 0 Å². The van der Waals surface area contributed by atoms with E-state index in [2.05, 4.69) is 35.7 Å². The number of nitrogens with one attached hydrogen (secondary N) is 3. The number of halogens is 6. The molecule has 5 rings (SSSR count). The van der Waals surface area contributed by atoms with Crippen molar-refractivity contribution in [1.29, 1.82) is 0 Å². The number of imidazole rings is 1. The van der Waals surface area contributed by atoms with Gasteiger partial charge in [-0.05, 0) is 49.5 Å². The molecule has 3 amide bonds. The van der Waals surface area contributed by atoms with E-state index in [-0.39, 0.29) is 30.1 Å². The number of rotatable bonds is 7. The van der Waals surface area contributed by atoms with Crippen molar-refractivity contribution >= 4 is 23.0 Å². The Bertz CT molecular complexity index is 1320. The minimum atomic E-state index is -4.28. The summed E-state index contributed by atoms with van der Waals surface area (Å²) < 4.78 is 73.0. The van der Waals surface area contributed by atoms with E-state index in [9.17, 15) is 35.9 Å². The predicted octanol–water partition coefficient (Wildman–Crippen LogP) is 4.43. The van der Waals surface area contributed by atoms with Gasteiger partial charge in [0, 0.05) is 32.7 Å². The van der Waals surface area contributed by atoms with Gasteiger partial charge in [-0.1, -0.05) is 11.2 Å². The Balaban J connectivity index is 0.000000300. The second-order valence-corrected chi connectivity index (χ2v) is 9.60. The van der Waals surface area contributed by atoms with Crippen LogP contribution in [0.5, 0.6) is 0 Å². The Kier molecular flexibility index (Phi) is 10.2. The van der Waals surface area contributed by atoms with Crippen LogP contribution in [0.3, 0.4) is 0 Å². The summed E-state index contributed by atoms with van der Waals surface area (Å²) in [6.07, 6.45) is -2.25. The minimum Gasteiger partial charge on any atom is -0.369 e. The van der Waals surface area contributed by atoms with E-state index < -0.39 is 18.5 Å². The highest BCUT2D eigenvalue weighted by Crippen LogP contribution is 2.40. The lowest BCUT2D eigenvalue weighted by Gasteiger charge is -2.25. The zero-order valence-electron chi connectivity index (χ0n) is 22.3. The number of hydrogen-bond acceptors (Lipinski definition) is 7. The summed E-state index contributed by atoms with van der Waals surface area (Å²) >= 11 is 0. The summed E-state index contributed by atoms with van der Waals surface area (Å²) in [7, 11) is 1.04. The Morgan fingerprint density at radius 3 is 2.44 bits per heavy atom. The van der Waals surface area contributed by atoms with Gasteiger partial charge in [-0.3, -0.25) is 4.79 Å². The Morgan fingerprint density at radius 2 is 1.90 bits per heavy atom. The highest BCUT2D eigenvalue weighted by molar-refractivity contribution is 5.93. The standard InChI is InChI=1S/C18H19N7O3.C5H9F3O.CHF3/c26-17(16-15(11-2-3-11)23-28-24-16)20-8-14-21-12-4-1-10(7-13(12)22-14)9-25-6-5-19-18(25)27;1-4(2,9-3)5(6,7)8;2-1(3)4/h1,4,7,11H,2-3,5-6,8-9H2,(H,19,27)(H,20,26)(H,21,22);1-3H3;1H. The number of alkyl halides is 6. The van der Waals surface area contributed by atoms with Crippen molar-refractivity contribution < 1.29 is 45.3 Å². The van der Waals surface area contributed by atoms with Crippen molar-refractivity contribution in [2.24, 2.45) is 0 Å². The maximum absolute atomic E-state index is 12.4. The molecule has 2 aromatic heterocycles. The van der Waals surface area contributed by atoms with Gasteiger partial charge in [-0.2, -0.15) is 26.3 Å². The van der Waals surface area contributed by atoms with Crippen LogP contribution in [0.25, 0.3) is 11.0 Å². The van der Waals surface area contributed by atoms with Crippen molar-refractivity contribution in [3.8, 4) is 0 Å². The number of methoxy groups -OCH3 is 1. The molecule has 0 atom stereocenters. The number of nitrogens with zero attached hydrogens (tertiary/aromatic N) is 4. The lowest BCUT2D eigenvalue weighted by atomic mass is 10.1. The molecule has 1 saturated heterocycles. The Morgan fingerprint density at radius 1 is 1.22 bits per heavy atom. The number of fused-ring (bicyclic) bond motifs is 1. The van der Waals surface area contributed by atoms with Crippen LogP contribution in [0.15, 0.2) is 22.8 Å². The van der Waals surface area contributed by atoms with Crippen LogP contribution in [0.1, 0.15) is 60.2 Å². The molecule has 11 nitrogen and oxygen atoms in total. The second-order valence-electron chi connectivity index (χ2n) is 9.60. The first-order valence-electron chi connectivity index (χ1n) is 12.4. The number of urea groups is 1. The summed E-state index contributed by atoms with van der Waals surface area (Å²) in [4.78, 5) is 33.6. The summed E-state index contributed by atoms with van der Waals surface area (Å²) in [5.74, 6) is 0.613. The highest BCUT2D eigenvalue weighted by Gasteiger charge is 2.47. The molecule has 1 aliphatic heterocycles. The highest BCUT2D eigenvalue weighted by atomic mass is 19.4. The first-order chi connectivity index (χ1) is 19.2. The van der Waals surface area contributed by atoms with E-state index in [4.69, 9.17) is 4.63 Å². The van der Waals surface area contributed by atoms with E-state index >= 15 is 0 Å². The number of amides is 3. The predicted molar refractivity (Wildman–Crippen MR) is 132 cm³/mol. The molecule has 41 heavy (non-hydrogen) atoms. The zero-order chi connectivity index (χ0) is 30.4.